The zero-order valence-corrected chi connectivity index (χ0v) is 11.8. The van der Waals surface area contributed by atoms with E-state index in [-0.39, 0.29) is 36.5 Å². The third-order valence-corrected chi connectivity index (χ3v) is 3.19. The van der Waals surface area contributed by atoms with Crippen LogP contribution in [-0.2, 0) is 4.79 Å². The lowest BCUT2D eigenvalue weighted by Gasteiger charge is -2.34. The number of hydrogen-bond donors (Lipinski definition) is 2. The highest BCUT2D eigenvalue weighted by Gasteiger charge is 2.24. The second kappa shape index (κ2) is 7.12. The Morgan fingerprint density at radius 2 is 1.75 bits per heavy atom. The number of amides is 2. The van der Waals surface area contributed by atoms with Crippen LogP contribution >= 0.6 is 12.4 Å². The monoisotopic (exact) mass is 299 g/mol. The summed E-state index contributed by atoms with van der Waals surface area (Å²) in [5.74, 6) is -0.150. The van der Waals surface area contributed by atoms with Crippen molar-refractivity contribution in [3.05, 3.63) is 29.8 Å². The molecule has 0 aromatic heterocycles. The van der Waals surface area contributed by atoms with Gasteiger partial charge in [-0.25, -0.2) is 0 Å². The standard InChI is InChI=1S/C13H17N3O3.ClH/c14-9-12(18)15-4-6-16(7-5-15)13(19)10-2-1-3-11(17)8-10;/h1-3,8,17H,4-7,9,14H2;1H. The molecule has 7 heteroatoms. The summed E-state index contributed by atoms with van der Waals surface area (Å²) in [7, 11) is 0. The number of nitrogens with zero attached hydrogens (tertiary/aromatic N) is 2. The summed E-state index contributed by atoms with van der Waals surface area (Å²) in [5, 5.41) is 9.37. The van der Waals surface area contributed by atoms with E-state index in [0.717, 1.165) is 0 Å². The third kappa shape index (κ3) is 3.61. The average Bonchev–Trinajstić information content (AvgIpc) is 2.46. The maximum atomic E-state index is 12.2. The van der Waals surface area contributed by atoms with Crippen LogP contribution in [0.15, 0.2) is 24.3 Å². The van der Waals surface area contributed by atoms with Crippen molar-refractivity contribution >= 4 is 24.2 Å². The van der Waals surface area contributed by atoms with Crippen LogP contribution in [0.3, 0.4) is 0 Å². The largest absolute Gasteiger partial charge is 0.508 e. The molecule has 1 saturated heterocycles. The van der Waals surface area contributed by atoms with E-state index in [2.05, 4.69) is 0 Å². The lowest BCUT2D eigenvalue weighted by molar-refractivity contribution is -0.131. The predicted molar refractivity (Wildman–Crippen MR) is 76.9 cm³/mol. The number of hydrogen-bond acceptors (Lipinski definition) is 4. The van der Waals surface area contributed by atoms with Crippen LogP contribution in [0.25, 0.3) is 0 Å². The molecular weight excluding hydrogens is 282 g/mol. The fourth-order valence-electron chi connectivity index (χ4n) is 2.11. The molecule has 0 aliphatic carbocycles. The Kier molecular flexibility index (Phi) is 5.79. The molecule has 1 aliphatic heterocycles. The number of carbonyl (C=O) groups excluding carboxylic acids is 2. The molecule has 1 aromatic rings. The quantitative estimate of drug-likeness (QED) is 0.808. The van der Waals surface area contributed by atoms with Gasteiger partial charge in [0.25, 0.3) is 5.91 Å². The lowest BCUT2D eigenvalue weighted by Crippen LogP contribution is -2.51. The number of nitrogens with two attached hydrogens (primary N) is 1. The van der Waals surface area contributed by atoms with Gasteiger partial charge >= 0.3 is 0 Å². The van der Waals surface area contributed by atoms with Crippen molar-refractivity contribution in [2.45, 2.75) is 0 Å². The third-order valence-electron chi connectivity index (χ3n) is 3.19. The average molecular weight is 300 g/mol. The summed E-state index contributed by atoms with van der Waals surface area (Å²) in [4.78, 5) is 26.9. The van der Waals surface area contributed by atoms with E-state index < -0.39 is 0 Å². The number of benzene rings is 1. The maximum Gasteiger partial charge on any atom is 0.254 e. The van der Waals surface area contributed by atoms with E-state index >= 15 is 0 Å². The molecule has 2 rings (SSSR count). The number of aromatic hydroxyl groups is 1. The number of piperazine rings is 1. The van der Waals surface area contributed by atoms with Gasteiger partial charge in [-0.2, -0.15) is 0 Å². The Morgan fingerprint density at radius 1 is 1.15 bits per heavy atom. The van der Waals surface area contributed by atoms with Gasteiger partial charge in [-0.05, 0) is 18.2 Å². The van der Waals surface area contributed by atoms with Crippen LogP contribution in [0, 0.1) is 0 Å². The Labute approximate surface area is 123 Å². The van der Waals surface area contributed by atoms with Gasteiger partial charge in [0.2, 0.25) is 5.91 Å². The Morgan fingerprint density at radius 3 is 2.30 bits per heavy atom. The highest BCUT2D eigenvalue weighted by Crippen LogP contribution is 2.14. The van der Waals surface area contributed by atoms with Crippen LogP contribution in [0.4, 0.5) is 0 Å². The normalized spacial score (nSPS) is 14.7. The van der Waals surface area contributed by atoms with Gasteiger partial charge in [0.15, 0.2) is 0 Å². The van der Waals surface area contributed by atoms with Crippen molar-refractivity contribution in [1.29, 1.82) is 0 Å². The van der Waals surface area contributed by atoms with Crippen molar-refractivity contribution in [2.24, 2.45) is 5.73 Å². The molecule has 0 saturated carbocycles. The summed E-state index contributed by atoms with van der Waals surface area (Å²) in [6.07, 6.45) is 0. The molecule has 20 heavy (non-hydrogen) atoms. The van der Waals surface area contributed by atoms with E-state index in [1.54, 1.807) is 21.9 Å². The first-order valence-electron chi connectivity index (χ1n) is 6.18. The zero-order valence-electron chi connectivity index (χ0n) is 11.0. The van der Waals surface area contributed by atoms with Crippen LogP contribution in [0.2, 0.25) is 0 Å². The first kappa shape index (κ1) is 16.3. The van der Waals surface area contributed by atoms with Crippen LogP contribution in [0.1, 0.15) is 10.4 Å². The van der Waals surface area contributed by atoms with Crippen molar-refractivity contribution in [3.63, 3.8) is 0 Å². The minimum Gasteiger partial charge on any atom is -0.508 e. The summed E-state index contributed by atoms with van der Waals surface area (Å²) in [6.45, 7) is 1.97. The minimum absolute atomic E-state index is 0. The number of carbonyl (C=O) groups is 2. The van der Waals surface area contributed by atoms with E-state index in [9.17, 15) is 14.7 Å². The minimum atomic E-state index is -0.129. The second-order valence-corrected chi connectivity index (χ2v) is 4.43. The number of phenols is 1. The van der Waals surface area contributed by atoms with E-state index in [0.29, 0.717) is 31.7 Å². The molecule has 3 N–H and O–H groups in total. The first-order chi connectivity index (χ1) is 9.11. The Hall–Kier alpha value is -1.79. The number of rotatable bonds is 2. The second-order valence-electron chi connectivity index (χ2n) is 4.43. The van der Waals surface area contributed by atoms with Crippen molar-refractivity contribution < 1.29 is 14.7 Å². The molecule has 0 unspecified atom stereocenters. The molecule has 0 spiro atoms. The SMILES string of the molecule is Cl.NCC(=O)N1CCN(C(=O)c2cccc(O)c2)CC1. The van der Waals surface area contributed by atoms with Crippen LogP contribution < -0.4 is 5.73 Å². The van der Waals surface area contributed by atoms with Gasteiger partial charge in [0.05, 0.1) is 6.54 Å². The lowest BCUT2D eigenvalue weighted by atomic mass is 10.1. The summed E-state index contributed by atoms with van der Waals surface area (Å²) >= 11 is 0. The molecule has 1 heterocycles. The van der Waals surface area contributed by atoms with Gasteiger partial charge in [0, 0.05) is 31.7 Å². The number of halogens is 1. The fourth-order valence-corrected chi connectivity index (χ4v) is 2.11. The molecular formula is C13H18ClN3O3. The van der Waals surface area contributed by atoms with E-state index in [1.165, 1.54) is 12.1 Å². The van der Waals surface area contributed by atoms with Gasteiger partial charge in [-0.1, -0.05) is 6.07 Å². The highest BCUT2D eigenvalue weighted by atomic mass is 35.5. The summed E-state index contributed by atoms with van der Waals surface area (Å²) in [5.41, 5.74) is 5.76. The summed E-state index contributed by atoms with van der Waals surface area (Å²) in [6, 6.07) is 6.27. The maximum absolute atomic E-state index is 12.2. The zero-order chi connectivity index (χ0) is 13.8. The molecule has 2 amide bonds. The fraction of sp³-hybridized carbons (Fsp3) is 0.385. The molecule has 1 aliphatic rings. The summed E-state index contributed by atoms with van der Waals surface area (Å²) < 4.78 is 0. The number of phenolic OH excluding ortho intramolecular Hbond substituents is 1. The Balaban J connectivity index is 0.00000200. The Bertz CT molecular complexity index is 488. The van der Waals surface area contributed by atoms with Gasteiger partial charge in [-0.3, -0.25) is 9.59 Å². The molecule has 0 atom stereocenters. The molecule has 1 aromatic carbocycles. The molecule has 6 nitrogen and oxygen atoms in total. The van der Waals surface area contributed by atoms with Crippen molar-refractivity contribution in [3.8, 4) is 5.75 Å². The molecule has 0 radical (unpaired) electrons. The smallest absolute Gasteiger partial charge is 0.254 e. The molecule has 0 bridgehead atoms. The van der Waals surface area contributed by atoms with Crippen LogP contribution in [0.5, 0.6) is 5.75 Å². The van der Waals surface area contributed by atoms with E-state index in [1.807, 2.05) is 0 Å². The van der Waals surface area contributed by atoms with Crippen molar-refractivity contribution in [2.75, 3.05) is 32.7 Å². The van der Waals surface area contributed by atoms with Crippen LogP contribution in [-0.4, -0.2) is 59.4 Å². The first-order valence-corrected chi connectivity index (χ1v) is 6.18. The van der Waals surface area contributed by atoms with Crippen molar-refractivity contribution in [1.82, 2.24) is 9.80 Å². The molecule has 1 fully saturated rings. The topological polar surface area (TPSA) is 86.9 Å². The van der Waals surface area contributed by atoms with Gasteiger partial charge in [0.1, 0.15) is 5.75 Å². The predicted octanol–water partition coefficient (Wildman–Crippen LogP) is 0.0571. The molecule has 110 valence electrons. The van der Waals surface area contributed by atoms with E-state index in [4.69, 9.17) is 5.73 Å². The van der Waals surface area contributed by atoms with Gasteiger partial charge in [-0.15, -0.1) is 12.4 Å². The van der Waals surface area contributed by atoms with Gasteiger partial charge < -0.3 is 20.6 Å². The highest BCUT2D eigenvalue weighted by molar-refractivity contribution is 5.94.